The van der Waals surface area contributed by atoms with Gasteiger partial charge in [0.15, 0.2) is 0 Å². The number of unbranched alkanes of at least 4 members (excludes halogenated alkanes) is 2. The van der Waals surface area contributed by atoms with Crippen LogP contribution in [-0.2, 0) is 0 Å². The Morgan fingerprint density at radius 3 is 2.11 bits per heavy atom. The summed E-state index contributed by atoms with van der Waals surface area (Å²) in [6, 6.07) is 0. The minimum absolute atomic E-state index is 1.01. The van der Waals surface area contributed by atoms with Crippen molar-refractivity contribution >= 4 is 0 Å². The molecule has 2 radical (unpaired) electrons. The number of rotatable bonds is 6. The van der Waals surface area contributed by atoms with Crippen LogP contribution in [0, 0.1) is 23.7 Å². The van der Waals surface area contributed by atoms with Crippen molar-refractivity contribution in [1.82, 2.24) is 0 Å². The molecule has 0 spiro atoms. The summed E-state index contributed by atoms with van der Waals surface area (Å²) in [6.07, 6.45) is 18.9. The summed E-state index contributed by atoms with van der Waals surface area (Å²) in [5, 5.41) is 0. The maximum Gasteiger partial charge on any atom is -0.0210 e. The fourth-order valence-electron chi connectivity index (χ4n) is 4.17. The molecule has 0 bridgehead atoms. The Balaban J connectivity index is 1.63. The van der Waals surface area contributed by atoms with Crippen LogP contribution in [0.4, 0.5) is 0 Å². The molecule has 19 heavy (non-hydrogen) atoms. The van der Waals surface area contributed by atoms with Crippen LogP contribution < -0.4 is 0 Å². The average molecular weight is 262 g/mol. The Morgan fingerprint density at radius 1 is 0.842 bits per heavy atom. The molecule has 0 aliphatic heterocycles. The maximum absolute atomic E-state index is 2.37. The molecular formula is C19H34. The number of hydrogen-bond donors (Lipinski definition) is 0. The zero-order valence-electron chi connectivity index (χ0n) is 13.3. The highest BCUT2D eigenvalue weighted by Crippen LogP contribution is 2.44. The van der Waals surface area contributed by atoms with Crippen LogP contribution in [0.3, 0.4) is 0 Å². The zero-order chi connectivity index (χ0) is 13.5. The predicted octanol–water partition coefficient (Wildman–Crippen LogP) is 6.51. The molecule has 2 fully saturated rings. The molecule has 110 valence electrons. The summed E-state index contributed by atoms with van der Waals surface area (Å²) in [6.45, 7) is 4.68. The molecule has 0 atom stereocenters. The van der Waals surface area contributed by atoms with E-state index in [-0.39, 0.29) is 0 Å². The maximum atomic E-state index is 2.37. The van der Waals surface area contributed by atoms with Crippen LogP contribution in [0.5, 0.6) is 0 Å². The molecular weight excluding hydrogens is 228 g/mol. The summed E-state index contributed by atoms with van der Waals surface area (Å²) in [7, 11) is 0. The van der Waals surface area contributed by atoms with Crippen LogP contribution in [-0.4, -0.2) is 0 Å². The van der Waals surface area contributed by atoms with Gasteiger partial charge in [0.2, 0.25) is 0 Å². The molecule has 2 aliphatic carbocycles. The summed E-state index contributed by atoms with van der Waals surface area (Å²) < 4.78 is 0. The van der Waals surface area contributed by atoms with Gasteiger partial charge in [0.05, 0.1) is 0 Å². The fourth-order valence-corrected chi connectivity index (χ4v) is 4.17. The van der Waals surface area contributed by atoms with E-state index in [4.69, 9.17) is 0 Å². The van der Waals surface area contributed by atoms with E-state index >= 15 is 0 Å². The molecule has 0 amide bonds. The summed E-state index contributed by atoms with van der Waals surface area (Å²) in [5.41, 5.74) is 0. The quantitative estimate of drug-likeness (QED) is 0.479. The normalized spacial score (nSPS) is 24.9. The summed E-state index contributed by atoms with van der Waals surface area (Å²) in [4.78, 5) is 0. The molecule has 0 saturated heterocycles. The molecule has 0 nitrogen and oxygen atoms in total. The van der Waals surface area contributed by atoms with Crippen LogP contribution in [0.1, 0.15) is 97.3 Å². The first kappa shape index (κ1) is 15.4. The van der Waals surface area contributed by atoms with E-state index in [2.05, 4.69) is 13.8 Å². The van der Waals surface area contributed by atoms with Gasteiger partial charge in [-0.25, -0.2) is 0 Å². The van der Waals surface area contributed by atoms with Crippen molar-refractivity contribution in [3.05, 3.63) is 11.8 Å². The molecule has 2 aliphatic rings. The molecule has 0 aromatic carbocycles. The third kappa shape index (κ3) is 4.80. The fraction of sp³-hybridized carbons (Fsp3) is 0.895. The van der Waals surface area contributed by atoms with Gasteiger partial charge in [-0.2, -0.15) is 0 Å². The molecule has 0 unspecified atom stereocenters. The Hall–Kier alpha value is 0. The minimum Gasteiger partial charge on any atom is -0.0654 e. The van der Waals surface area contributed by atoms with E-state index in [9.17, 15) is 0 Å². The van der Waals surface area contributed by atoms with Crippen molar-refractivity contribution < 1.29 is 0 Å². The van der Waals surface area contributed by atoms with Crippen LogP contribution in [0.2, 0.25) is 0 Å². The van der Waals surface area contributed by atoms with E-state index in [0.717, 1.165) is 11.8 Å². The van der Waals surface area contributed by atoms with Gasteiger partial charge in [-0.05, 0) is 81.5 Å². The van der Waals surface area contributed by atoms with Crippen molar-refractivity contribution in [2.75, 3.05) is 0 Å². The Kier molecular flexibility index (Phi) is 6.74. The lowest BCUT2D eigenvalue weighted by molar-refractivity contribution is 0.286. The first-order valence-electron chi connectivity index (χ1n) is 9.01. The first-order chi connectivity index (χ1) is 9.33. The van der Waals surface area contributed by atoms with Crippen molar-refractivity contribution in [2.45, 2.75) is 97.3 Å². The van der Waals surface area contributed by atoms with Gasteiger partial charge in [0.1, 0.15) is 0 Å². The van der Waals surface area contributed by atoms with E-state index in [1.807, 2.05) is 11.8 Å². The molecule has 2 saturated carbocycles. The van der Waals surface area contributed by atoms with Gasteiger partial charge in [-0.15, -0.1) is 0 Å². The SMILES string of the molecule is CCCCC[C]1CCC([C]2CCC(CC)CC2)CC1. The van der Waals surface area contributed by atoms with E-state index < -0.39 is 0 Å². The number of hydrogen-bond acceptors (Lipinski definition) is 0. The van der Waals surface area contributed by atoms with Gasteiger partial charge >= 0.3 is 0 Å². The van der Waals surface area contributed by atoms with Gasteiger partial charge in [0.25, 0.3) is 0 Å². The predicted molar refractivity (Wildman–Crippen MR) is 84.8 cm³/mol. The Labute approximate surface area is 121 Å². The second kappa shape index (κ2) is 8.32. The molecule has 0 aromatic heterocycles. The Bertz CT molecular complexity index is 216. The highest BCUT2D eigenvalue weighted by atomic mass is 14.4. The Morgan fingerprint density at radius 2 is 1.53 bits per heavy atom. The van der Waals surface area contributed by atoms with Gasteiger partial charge < -0.3 is 0 Å². The lowest BCUT2D eigenvalue weighted by atomic mass is 9.68. The molecule has 0 aromatic rings. The lowest BCUT2D eigenvalue weighted by Crippen LogP contribution is -2.23. The molecule has 0 N–H and O–H groups in total. The summed E-state index contributed by atoms with van der Waals surface area (Å²) in [5.74, 6) is 5.90. The standard InChI is InChI=1S/C19H34/c1-3-5-6-7-17-10-14-19(15-11-17)18-12-8-16(4-2)9-13-18/h16,19H,3-15H2,1-2H3. The largest absolute Gasteiger partial charge is 0.0654 e. The highest BCUT2D eigenvalue weighted by molar-refractivity contribution is 5.05. The van der Waals surface area contributed by atoms with E-state index in [1.54, 1.807) is 0 Å². The van der Waals surface area contributed by atoms with Crippen molar-refractivity contribution in [2.24, 2.45) is 11.8 Å². The van der Waals surface area contributed by atoms with Crippen LogP contribution in [0.15, 0.2) is 0 Å². The van der Waals surface area contributed by atoms with E-state index in [1.165, 1.54) is 83.5 Å². The minimum atomic E-state index is 1.01. The van der Waals surface area contributed by atoms with Gasteiger partial charge in [-0.1, -0.05) is 39.5 Å². The van der Waals surface area contributed by atoms with Gasteiger partial charge in [-0.3, -0.25) is 0 Å². The topological polar surface area (TPSA) is 0 Å². The van der Waals surface area contributed by atoms with Crippen LogP contribution in [0.25, 0.3) is 0 Å². The first-order valence-corrected chi connectivity index (χ1v) is 9.01. The second-order valence-corrected chi connectivity index (χ2v) is 6.99. The highest BCUT2D eigenvalue weighted by Gasteiger charge is 2.30. The van der Waals surface area contributed by atoms with Crippen molar-refractivity contribution in [1.29, 1.82) is 0 Å². The third-order valence-corrected chi connectivity index (χ3v) is 5.73. The van der Waals surface area contributed by atoms with E-state index in [0.29, 0.717) is 0 Å². The lowest BCUT2D eigenvalue weighted by Gasteiger charge is -2.37. The molecule has 0 heteroatoms. The molecule has 0 heterocycles. The smallest absolute Gasteiger partial charge is 0.0210 e. The summed E-state index contributed by atoms with van der Waals surface area (Å²) >= 11 is 0. The second-order valence-electron chi connectivity index (χ2n) is 6.99. The average Bonchev–Trinajstić information content (AvgIpc) is 2.48. The third-order valence-electron chi connectivity index (χ3n) is 5.73. The van der Waals surface area contributed by atoms with Crippen LogP contribution >= 0.6 is 0 Å². The molecule has 2 rings (SSSR count). The van der Waals surface area contributed by atoms with Crippen molar-refractivity contribution in [3.63, 3.8) is 0 Å². The van der Waals surface area contributed by atoms with Crippen molar-refractivity contribution in [3.8, 4) is 0 Å². The van der Waals surface area contributed by atoms with Gasteiger partial charge in [0, 0.05) is 0 Å². The zero-order valence-corrected chi connectivity index (χ0v) is 13.3. The monoisotopic (exact) mass is 262 g/mol.